The summed E-state index contributed by atoms with van der Waals surface area (Å²) in [5.41, 5.74) is 0.331. The first-order valence-electron chi connectivity index (χ1n) is 9.71. The van der Waals surface area contributed by atoms with Crippen molar-refractivity contribution in [1.82, 2.24) is 0 Å². The highest BCUT2D eigenvalue weighted by atomic mass is 16.6. The Morgan fingerprint density at radius 1 is 1.04 bits per heavy atom. The number of epoxide rings is 1. The Bertz CT molecular complexity index is 429. The van der Waals surface area contributed by atoms with Gasteiger partial charge in [-0.05, 0) is 18.6 Å². The van der Waals surface area contributed by atoms with E-state index in [1.807, 2.05) is 0 Å². The minimum Gasteiger partial charge on any atom is -0.478 e. The standard InChI is InChI=1S/C14H28O2.C7H6O2/c1-2-3-4-5-6-7-8-9-10-11-15-12-14-13-16-14;8-7(9)6-4-2-1-3-5-6/h14H,2-13H2,1H3;1-5H,(H,8,9). The van der Waals surface area contributed by atoms with E-state index in [1.165, 1.54) is 57.8 Å². The molecule has 0 amide bonds. The zero-order chi connectivity index (χ0) is 18.2. The molecular formula is C21H34O4. The first-order chi connectivity index (χ1) is 12.2. The van der Waals surface area contributed by atoms with E-state index >= 15 is 0 Å². The molecular weight excluding hydrogens is 316 g/mol. The van der Waals surface area contributed by atoms with Crippen molar-refractivity contribution in [2.75, 3.05) is 19.8 Å². The summed E-state index contributed by atoms with van der Waals surface area (Å²) >= 11 is 0. The van der Waals surface area contributed by atoms with Gasteiger partial charge in [0.2, 0.25) is 0 Å². The predicted molar refractivity (Wildman–Crippen MR) is 101 cm³/mol. The largest absolute Gasteiger partial charge is 0.478 e. The summed E-state index contributed by atoms with van der Waals surface area (Å²) in [6.45, 7) is 4.93. The molecule has 1 saturated heterocycles. The minimum absolute atomic E-state index is 0.331. The van der Waals surface area contributed by atoms with Crippen LogP contribution in [0.15, 0.2) is 30.3 Å². The molecule has 4 heteroatoms. The maximum absolute atomic E-state index is 10.2. The number of hydrogen-bond donors (Lipinski definition) is 1. The zero-order valence-electron chi connectivity index (χ0n) is 15.6. The molecule has 1 N–H and O–H groups in total. The Balaban J connectivity index is 0.000000293. The normalized spacial score (nSPS) is 15.3. The van der Waals surface area contributed by atoms with Gasteiger partial charge in [-0.25, -0.2) is 4.79 Å². The zero-order valence-corrected chi connectivity index (χ0v) is 15.6. The molecule has 1 aromatic rings. The fraction of sp³-hybridized carbons (Fsp3) is 0.667. The summed E-state index contributed by atoms with van der Waals surface area (Å²) in [6.07, 6.45) is 12.8. The summed E-state index contributed by atoms with van der Waals surface area (Å²) in [7, 11) is 0. The Labute approximate surface area is 152 Å². The summed E-state index contributed by atoms with van der Waals surface area (Å²) < 4.78 is 10.6. The van der Waals surface area contributed by atoms with Crippen LogP contribution < -0.4 is 0 Å². The molecule has 1 aliphatic rings. The highest BCUT2D eigenvalue weighted by molar-refractivity contribution is 5.87. The summed E-state index contributed by atoms with van der Waals surface area (Å²) in [5.74, 6) is -0.879. The van der Waals surface area contributed by atoms with E-state index in [1.54, 1.807) is 30.3 Å². The molecule has 4 nitrogen and oxygen atoms in total. The summed E-state index contributed by atoms with van der Waals surface area (Å²) in [5, 5.41) is 8.38. The molecule has 2 rings (SSSR count). The van der Waals surface area contributed by atoms with Crippen LogP contribution in [0, 0.1) is 0 Å². The number of carboxylic acid groups (broad SMARTS) is 1. The van der Waals surface area contributed by atoms with Crippen LogP contribution in [0.2, 0.25) is 0 Å². The van der Waals surface area contributed by atoms with Crippen molar-refractivity contribution in [2.24, 2.45) is 0 Å². The summed E-state index contributed by atoms with van der Waals surface area (Å²) in [6, 6.07) is 8.30. The molecule has 1 fully saturated rings. The lowest BCUT2D eigenvalue weighted by molar-refractivity contribution is 0.0697. The molecule has 0 saturated carbocycles. The molecule has 0 radical (unpaired) electrons. The fourth-order valence-corrected chi connectivity index (χ4v) is 2.47. The molecule has 1 unspecified atom stereocenters. The van der Waals surface area contributed by atoms with Crippen LogP contribution in [-0.2, 0) is 9.47 Å². The molecule has 0 aliphatic carbocycles. The van der Waals surface area contributed by atoms with Crippen molar-refractivity contribution in [3.05, 3.63) is 35.9 Å². The van der Waals surface area contributed by atoms with Crippen molar-refractivity contribution in [3.63, 3.8) is 0 Å². The smallest absolute Gasteiger partial charge is 0.335 e. The third-order valence-corrected chi connectivity index (χ3v) is 4.12. The molecule has 1 atom stereocenters. The van der Waals surface area contributed by atoms with E-state index in [9.17, 15) is 4.79 Å². The van der Waals surface area contributed by atoms with Gasteiger partial charge in [0.25, 0.3) is 0 Å². The van der Waals surface area contributed by atoms with Crippen LogP contribution >= 0.6 is 0 Å². The average molecular weight is 350 g/mol. The van der Waals surface area contributed by atoms with E-state index in [2.05, 4.69) is 6.92 Å². The number of unbranched alkanes of at least 4 members (excludes halogenated alkanes) is 8. The van der Waals surface area contributed by atoms with E-state index in [-0.39, 0.29) is 0 Å². The van der Waals surface area contributed by atoms with Gasteiger partial charge in [-0.15, -0.1) is 0 Å². The molecule has 1 aliphatic heterocycles. The Hall–Kier alpha value is -1.39. The number of rotatable bonds is 13. The molecule has 0 spiro atoms. The number of aromatic carboxylic acids is 1. The Morgan fingerprint density at radius 2 is 1.60 bits per heavy atom. The summed E-state index contributed by atoms with van der Waals surface area (Å²) in [4.78, 5) is 10.2. The highest BCUT2D eigenvalue weighted by Crippen LogP contribution is 2.11. The van der Waals surface area contributed by atoms with Crippen molar-refractivity contribution in [2.45, 2.75) is 70.8 Å². The highest BCUT2D eigenvalue weighted by Gasteiger charge is 2.21. The lowest BCUT2D eigenvalue weighted by Crippen LogP contribution is -2.02. The third-order valence-electron chi connectivity index (χ3n) is 4.12. The van der Waals surface area contributed by atoms with Gasteiger partial charge in [-0.3, -0.25) is 0 Å². The maximum atomic E-state index is 10.2. The average Bonchev–Trinajstić information content (AvgIpc) is 3.45. The topological polar surface area (TPSA) is 59.1 Å². The number of carbonyl (C=O) groups is 1. The van der Waals surface area contributed by atoms with E-state index in [0.717, 1.165) is 19.8 Å². The fourth-order valence-electron chi connectivity index (χ4n) is 2.47. The second-order valence-electron chi connectivity index (χ2n) is 6.53. The van der Waals surface area contributed by atoms with Gasteiger partial charge in [-0.2, -0.15) is 0 Å². The molecule has 1 aromatic carbocycles. The Morgan fingerprint density at radius 3 is 2.08 bits per heavy atom. The van der Waals surface area contributed by atoms with Crippen LogP contribution in [0.4, 0.5) is 0 Å². The lowest BCUT2D eigenvalue weighted by atomic mass is 10.1. The maximum Gasteiger partial charge on any atom is 0.335 e. The van der Waals surface area contributed by atoms with Crippen molar-refractivity contribution >= 4 is 5.97 Å². The molecule has 25 heavy (non-hydrogen) atoms. The third kappa shape index (κ3) is 13.6. The van der Waals surface area contributed by atoms with Gasteiger partial charge >= 0.3 is 5.97 Å². The number of benzene rings is 1. The van der Waals surface area contributed by atoms with Crippen molar-refractivity contribution < 1.29 is 19.4 Å². The Kier molecular flexibility index (Phi) is 12.9. The van der Waals surface area contributed by atoms with Gasteiger partial charge in [0.1, 0.15) is 6.10 Å². The van der Waals surface area contributed by atoms with Crippen molar-refractivity contribution in [3.8, 4) is 0 Å². The van der Waals surface area contributed by atoms with Gasteiger partial charge < -0.3 is 14.6 Å². The van der Waals surface area contributed by atoms with Gasteiger partial charge in [-0.1, -0.05) is 76.5 Å². The van der Waals surface area contributed by atoms with Gasteiger partial charge in [0, 0.05) is 6.61 Å². The first-order valence-corrected chi connectivity index (χ1v) is 9.71. The monoisotopic (exact) mass is 350 g/mol. The van der Waals surface area contributed by atoms with Gasteiger partial charge in [0.15, 0.2) is 0 Å². The predicted octanol–water partition coefficient (Wildman–Crippen LogP) is 5.32. The molecule has 142 valence electrons. The number of hydrogen-bond acceptors (Lipinski definition) is 3. The minimum atomic E-state index is -0.879. The van der Waals surface area contributed by atoms with Crippen molar-refractivity contribution in [1.29, 1.82) is 0 Å². The van der Waals surface area contributed by atoms with E-state index in [0.29, 0.717) is 11.7 Å². The van der Waals surface area contributed by atoms with E-state index < -0.39 is 5.97 Å². The van der Waals surface area contributed by atoms with Gasteiger partial charge in [0.05, 0.1) is 18.8 Å². The lowest BCUT2D eigenvalue weighted by Gasteiger charge is -2.03. The van der Waals surface area contributed by atoms with E-state index in [4.69, 9.17) is 14.6 Å². The van der Waals surface area contributed by atoms with Crippen LogP contribution in [0.3, 0.4) is 0 Å². The van der Waals surface area contributed by atoms with Crippen LogP contribution in [0.1, 0.15) is 75.1 Å². The SMILES string of the molecule is CCCCCCCCCCCOCC1CO1.O=C(O)c1ccccc1. The molecule has 0 bridgehead atoms. The number of ether oxygens (including phenoxy) is 2. The molecule has 0 aromatic heterocycles. The van der Waals surface area contributed by atoms with Crippen LogP contribution in [-0.4, -0.2) is 37.0 Å². The second-order valence-corrected chi connectivity index (χ2v) is 6.53. The number of carboxylic acids is 1. The second kappa shape index (κ2) is 14.9. The molecule has 1 heterocycles. The quantitative estimate of drug-likeness (QED) is 0.386. The first kappa shape index (κ1) is 21.7. The van der Waals surface area contributed by atoms with Crippen LogP contribution in [0.5, 0.6) is 0 Å². The van der Waals surface area contributed by atoms with Crippen LogP contribution in [0.25, 0.3) is 0 Å².